The highest BCUT2D eigenvalue weighted by Gasteiger charge is 2.12. The number of rotatable bonds is 7. The van der Waals surface area contributed by atoms with Crippen molar-refractivity contribution < 1.29 is 19.1 Å². The second-order valence-electron chi connectivity index (χ2n) is 7.12. The van der Waals surface area contributed by atoms with Crippen LogP contribution in [0, 0.1) is 0 Å². The molecule has 0 fully saturated rings. The van der Waals surface area contributed by atoms with Gasteiger partial charge in [0.05, 0.1) is 16.3 Å². The molecule has 4 aromatic rings. The van der Waals surface area contributed by atoms with E-state index in [1.807, 2.05) is 36.4 Å². The van der Waals surface area contributed by atoms with Gasteiger partial charge in [0.2, 0.25) is 0 Å². The van der Waals surface area contributed by atoms with Gasteiger partial charge in [0.25, 0.3) is 5.91 Å². The number of amides is 1. The number of hydrogen-bond donors (Lipinski definition) is 1. The topological polar surface area (TPSA) is 77.0 Å². The molecule has 0 aromatic heterocycles. The summed E-state index contributed by atoms with van der Waals surface area (Å²) < 4.78 is 12.7. The molecule has 0 spiro atoms. The fourth-order valence-corrected chi connectivity index (χ4v) is 4.11. The summed E-state index contributed by atoms with van der Waals surface area (Å²) in [7, 11) is 0. The Kier molecular flexibility index (Phi) is 7.72. The van der Waals surface area contributed by atoms with E-state index in [4.69, 9.17) is 9.47 Å². The molecular formula is C26H18Br2N2O4. The van der Waals surface area contributed by atoms with Crippen LogP contribution in [-0.2, 0) is 4.79 Å². The summed E-state index contributed by atoms with van der Waals surface area (Å²) in [5.74, 6) is -0.0589. The number of esters is 1. The van der Waals surface area contributed by atoms with E-state index >= 15 is 0 Å². The molecular weight excluding hydrogens is 564 g/mol. The first-order chi connectivity index (χ1) is 16.5. The highest BCUT2D eigenvalue weighted by atomic mass is 79.9. The third-order valence-electron chi connectivity index (χ3n) is 4.76. The predicted octanol–water partition coefficient (Wildman–Crippen LogP) is 6.11. The first kappa shape index (κ1) is 23.7. The molecule has 0 unspecified atom stereocenters. The van der Waals surface area contributed by atoms with Gasteiger partial charge in [-0.25, -0.2) is 10.2 Å². The van der Waals surface area contributed by atoms with Crippen LogP contribution >= 0.6 is 31.9 Å². The summed E-state index contributed by atoms with van der Waals surface area (Å²) >= 11 is 6.92. The summed E-state index contributed by atoms with van der Waals surface area (Å²) in [5.41, 5.74) is 3.36. The van der Waals surface area contributed by atoms with Gasteiger partial charge in [0.1, 0.15) is 11.5 Å². The number of ether oxygens (including phenoxy) is 2. The van der Waals surface area contributed by atoms with Gasteiger partial charge in [-0.2, -0.15) is 5.10 Å². The summed E-state index contributed by atoms with van der Waals surface area (Å²) in [6.45, 7) is -0.220. The standard InChI is InChI=1S/C26H18Br2N2O4/c27-20-11-13-22(34-26(32)18-7-2-1-3-8-18)19(14-20)15-29-30-24(31)16-33-23-12-10-17-6-4-5-9-21(17)25(23)28/h1-15H,16H2,(H,30,31)/b29-15+. The summed E-state index contributed by atoms with van der Waals surface area (Å²) in [6, 6.07) is 25.4. The maximum Gasteiger partial charge on any atom is 0.343 e. The Bertz CT molecular complexity index is 1370. The Balaban J connectivity index is 1.38. The van der Waals surface area contributed by atoms with Crippen LogP contribution in [0.5, 0.6) is 11.5 Å². The maximum absolute atomic E-state index is 12.4. The van der Waals surface area contributed by atoms with Crippen molar-refractivity contribution in [2.24, 2.45) is 5.10 Å². The lowest BCUT2D eigenvalue weighted by atomic mass is 10.1. The van der Waals surface area contributed by atoms with Crippen LogP contribution in [-0.4, -0.2) is 24.7 Å². The molecule has 4 aromatic carbocycles. The van der Waals surface area contributed by atoms with E-state index in [1.54, 1.807) is 48.5 Å². The number of hydrogen-bond acceptors (Lipinski definition) is 5. The summed E-state index contributed by atoms with van der Waals surface area (Å²) in [6.07, 6.45) is 1.40. The Morgan fingerprint density at radius 3 is 2.44 bits per heavy atom. The molecule has 6 nitrogen and oxygen atoms in total. The van der Waals surface area contributed by atoms with Gasteiger partial charge in [0, 0.05) is 10.0 Å². The molecule has 8 heteroatoms. The molecule has 0 saturated carbocycles. The molecule has 0 heterocycles. The number of hydrazone groups is 1. The third-order valence-corrected chi connectivity index (χ3v) is 6.07. The van der Waals surface area contributed by atoms with Gasteiger partial charge >= 0.3 is 5.97 Å². The second-order valence-corrected chi connectivity index (χ2v) is 8.83. The van der Waals surface area contributed by atoms with Gasteiger partial charge in [0.15, 0.2) is 6.61 Å². The van der Waals surface area contributed by atoms with Gasteiger partial charge in [-0.15, -0.1) is 0 Å². The molecule has 0 saturated heterocycles. The molecule has 0 aliphatic rings. The van der Waals surface area contributed by atoms with E-state index in [9.17, 15) is 9.59 Å². The minimum absolute atomic E-state index is 0.220. The number of fused-ring (bicyclic) bond motifs is 1. The molecule has 34 heavy (non-hydrogen) atoms. The molecule has 0 aliphatic heterocycles. The monoisotopic (exact) mass is 580 g/mol. The second kappa shape index (κ2) is 11.1. The van der Waals surface area contributed by atoms with Crippen LogP contribution in [0.4, 0.5) is 0 Å². The number of halogens is 2. The molecule has 0 radical (unpaired) electrons. The minimum atomic E-state index is -0.490. The van der Waals surface area contributed by atoms with Crippen molar-refractivity contribution in [3.8, 4) is 11.5 Å². The molecule has 1 amide bonds. The summed E-state index contributed by atoms with van der Waals surface area (Å²) in [4.78, 5) is 24.6. The molecule has 0 aliphatic carbocycles. The van der Waals surface area contributed by atoms with Crippen molar-refractivity contribution in [2.75, 3.05) is 6.61 Å². The molecule has 1 N–H and O–H groups in total. The van der Waals surface area contributed by atoms with Crippen molar-refractivity contribution in [3.63, 3.8) is 0 Å². The number of benzene rings is 4. The highest BCUT2D eigenvalue weighted by molar-refractivity contribution is 9.11. The lowest BCUT2D eigenvalue weighted by molar-refractivity contribution is -0.123. The quantitative estimate of drug-likeness (QED) is 0.124. The SMILES string of the molecule is O=C(COc1ccc2ccccc2c1Br)N/N=C/c1cc(Br)ccc1OC(=O)c1ccccc1. The molecule has 0 bridgehead atoms. The Morgan fingerprint density at radius 2 is 1.62 bits per heavy atom. The number of carbonyl (C=O) groups excluding carboxylic acids is 2. The van der Waals surface area contributed by atoms with Crippen LogP contribution in [0.15, 0.2) is 99.0 Å². The molecule has 0 atom stereocenters. The van der Waals surface area contributed by atoms with Gasteiger partial charge in [-0.3, -0.25) is 4.79 Å². The first-order valence-electron chi connectivity index (χ1n) is 10.2. The van der Waals surface area contributed by atoms with Crippen molar-refractivity contribution in [1.82, 2.24) is 5.43 Å². The van der Waals surface area contributed by atoms with Crippen molar-refractivity contribution in [2.45, 2.75) is 0 Å². The summed E-state index contributed by atoms with van der Waals surface area (Å²) in [5, 5.41) is 6.03. The largest absolute Gasteiger partial charge is 0.483 e. The molecule has 170 valence electrons. The number of nitrogens with one attached hydrogen (secondary N) is 1. The number of carbonyl (C=O) groups is 2. The van der Waals surface area contributed by atoms with E-state index in [1.165, 1.54) is 6.21 Å². The molecule has 4 rings (SSSR count). The predicted molar refractivity (Wildman–Crippen MR) is 138 cm³/mol. The van der Waals surface area contributed by atoms with E-state index in [-0.39, 0.29) is 6.61 Å². The van der Waals surface area contributed by atoms with E-state index < -0.39 is 11.9 Å². The Morgan fingerprint density at radius 1 is 0.882 bits per heavy atom. The first-order valence-corrected chi connectivity index (χ1v) is 11.8. The highest BCUT2D eigenvalue weighted by Crippen LogP contribution is 2.33. The fraction of sp³-hybridized carbons (Fsp3) is 0.0385. The van der Waals surface area contributed by atoms with Crippen molar-refractivity contribution in [3.05, 3.63) is 105 Å². The fourth-order valence-electron chi connectivity index (χ4n) is 3.12. The van der Waals surface area contributed by atoms with Crippen LogP contribution in [0.1, 0.15) is 15.9 Å². The zero-order chi connectivity index (χ0) is 23.9. The van der Waals surface area contributed by atoms with E-state index in [2.05, 4.69) is 42.4 Å². The Labute approximate surface area is 212 Å². The average molecular weight is 582 g/mol. The van der Waals surface area contributed by atoms with Crippen LogP contribution in [0.25, 0.3) is 10.8 Å². The average Bonchev–Trinajstić information content (AvgIpc) is 2.86. The zero-order valence-electron chi connectivity index (χ0n) is 17.7. The van der Waals surface area contributed by atoms with Crippen LogP contribution in [0.3, 0.4) is 0 Å². The lowest BCUT2D eigenvalue weighted by Crippen LogP contribution is -2.24. The van der Waals surface area contributed by atoms with Gasteiger partial charge in [-0.05, 0) is 63.1 Å². The van der Waals surface area contributed by atoms with Crippen molar-refractivity contribution in [1.29, 1.82) is 0 Å². The maximum atomic E-state index is 12.4. The smallest absolute Gasteiger partial charge is 0.343 e. The van der Waals surface area contributed by atoms with Gasteiger partial charge < -0.3 is 9.47 Å². The normalized spacial score (nSPS) is 10.9. The van der Waals surface area contributed by atoms with Crippen LogP contribution in [0.2, 0.25) is 0 Å². The van der Waals surface area contributed by atoms with E-state index in [0.29, 0.717) is 22.6 Å². The van der Waals surface area contributed by atoms with Crippen LogP contribution < -0.4 is 14.9 Å². The van der Waals surface area contributed by atoms with Crippen molar-refractivity contribution >= 4 is 60.7 Å². The van der Waals surface area contributed by atoms with Gasteiger partial charge in [-0.1, -0.05) is 64.5 Å². The number of nitrogens with zero attached hydrogens (tertiary/aromatic N) is 1. The third kappa shape index (κ3) is 5.89. The minimum Gasteiger partial charge on any atom is -0.483 e. The zero-order valence-corrected chi connectivity index (χ0v) is 20.9. The van der Waals surface area contributed by atoms with E-state index in [0.717, 1.165) is 19.7 Å². The lowest BCUT2D eigenvalue weighted by Gasteiger charge is -2.10. The Hall–Kier alpha value is -3.49.